The molecule has 0 spiro atoms. The summed E-state index contributed by atoms with van der Waals surface area (Å²) >= 11 is 1.71. The fourth-order valence-electron chi connectivity index (χ4n) is 3.30. The fourth-order valence-corrected chi connectivity index (χ4v) is 4.18. The van der Waals surface area contributed by atoms with Gasteiger partial charge in [-0.15, -0.1) is 11.3 Å². The van der Waals surface area contributed by atoms with Crippen LogP contribution in [0.1, 0.15) is 28.3 Å². The molecule has 2 aromatic rings. The van der Waals surface area contributed by atoms with E-state index in [1.54, 1.807) is 23.7 Å². The lowest BCUT2D eigenvalue weighted by Crippen LogP contribution is -2.41. The molecule has 1 amide bonds. The molecule has 1 N–H and O–H groups in total. The van der Waals surface area contributed by atoms with Crippen molar-refractivity contribution in [3.8, 4) is 0 Å². The van der Waals surface area contributed by atoms with E-state index in [9.17, 15) is 4.79 Å². The molecule has 1 fully saturated rings. The standard InChI is InChI=1S/C18H24N4OS/c1-13-5-6-15(24-13)11-17(23)22-9-3-4-14(12-22)10-16-18(19-2)21-8-7-20-16/h5-8,14H,3-4,9-12H2,1-2H3,(H,19,21). The summed E-state index contributed by atoms with van der Waals surface area (Å²) in [5.74, 6) is 1.54. The van der Waals surface area contributed by atoms with Crippen molar-refractivity contribution in [1.29, 1.82) is 0 Å². The highest BCUT2D eigenvalue weighted by atomic mass is 32.1. The Balaban J connectivity index is 1.60. The number of piperidine rings is 1. The van der Waals surface area contributed by atoms with Gasteiger partial charge in [-0.05, 0) is 44.2 Å². The molecular formula is C18H24N4OS. The molecule has 0 aromatic carbocycles. The van der Waals surface area contributed by atoms with E-state index < -0.39 is 0 Å². The lowest BCUT2D eigenvalue weighted by atomic mass is 9.93. The smallest absolute Gasteiger partial charge is 0.227 e. The zero-order valence-corrected chi connectivity index (χ0v) is 15.1. The number of hydrogen-bond donors (Lipinski definition) is 1. The fraction of sp³-hybridized carbons (Fsp3) is 0.500. The third-order valence-electron chi connectivity index (χ3n) is 4.49. The van der Waals surface area contributed by atoms with Crippen LogP contribution in [-0.2, 0) is 17.6 Å². The molecule has 24 heavy (non-hydrogen) atoms. The lowest BCUT2D eigenvalue weighted by Gasteiger charge is -2.33. The first-order valence-electron chi connectivity index (χ1n) is 8.46. The van der Waals surface area contributed by atoms with E-state index in [0.29, 0.717) is 12.3 Å². The number of aryl methyl sites for hydroxylation is 1. The maximum absolute atomic E-state index is 12.6. The summed E-state index contributed by atoms with van der Waals surface area (Å²) in [6, 6.07) is 4.15. The largest absolute Gasteiger partial charge is 0.372 e. The lowest BCUT2D eigenvalue weighted by molar-refractivity contribution is -0.132. The van der Waals surface area contributed by atoms with Crippen LogP contribution in [0.2, 0.25) is 0 Å². The number of nitrogens with zero attached hydrogens (tertiary/aromatic N) is 3. The Hall–Kier alpha value is -1.95. The predicted molar refractivity (Wildman–Crippen MR) is 97.3 cm³/mol. The summed E-state index contributed by atoms with van der Waals surface area (Å²) in [6.07, 6.45) is 7.04. The van der Waals surface area contributed by atoms with E-state index in [1.807, 2.05) is 11.9 Å². The van der Waals surface area contributed by atoms with Crippen molar-refractivity contribution in [2.24, 2.45) is 5.92 Å². The van der Waals surface area contributed by atoms with Crippen molar-refractivity contribution in [2.45, 2.75) is 32.6 Å². The van der Waals surface area contributed by atoms with Crippen LogP contribution in [0.25, 0.3) is 0 Å². The van der Waals surface area contributed by atoms with Gasteiger partial charge in [0.05, 0.1) is 12.1 Å². The van der Waals surface area contributed by atoms with Crippen molar-refractivity contribution in [1.82, 2.24) is 14.9 Å². The van der Waals surface area contributed by atoms with Crippen molar-refractivity contribution >= 4 is 23.1 Å². The van der Waals surface area contributed by atoms with Crippen molar-refractivity contribution in [3.05, 3.63) is 40.0 Å². The number of amides is 1. The SMILES string of the molecule is CNc1nccnc1CC1CCCN(C(=O)Cc2ccc(C)s2)C1. The highest BCUT2D eigenvalue weighted by Gasteiger charge is 2.25. The quantitative estimate of drug-likeness (QED) is 0.906. The Labute approximate surface area is 147 Å². The zero-order valence-electron chi connectivity index (χ0n) is 14.3. The number of thiophene rings is 1. The van der Waals surface area contributed by atoms with Gasteiger partial charge in [-0.25, -0.2) is 4.98 Å². The van der Waals surface area contributed by atoms with E-state index >= 15 is 0 Å². The van der Waals surface area contributed by atoms with Crippen LogP contribution in [0.3, 0.4) is 0 Å². The van der Waals surface area contributed by atoms with Crippen molar-refractivity contribution < 1.29 is 4.79 Å². The molecule has 1 aliphatic rings. The maximum atomic E-state index is 12.6. The van der Waals surface area contributed by atoms with Gasteiger partial charge in [0.25, 0.3) is 0 Å². The molecular weight excluding hydrogens is 320 g/mol. The Morgan fingerprint density at radius 1 is 1.38 bits per heavy atom. The van der Waals surface area contributed by atoms with Gasteiger partial charge in [-0.1, -0.05) is 0 Å². The Morgan fingerprint density at radius 3 is 2.96 bits per heavy atom. The predicted octanol–water partition coefficient (Wildman–Crippen LogP) is 2.91. The Bertz CT molecular complexity index is 700. The highest BCUT2D eigenvalue weighted by molar-refractivity contribution is 7.12. The second-order valence-electron chi connectivity index (χ2n) is 6.34. The molecule has 6 heteroatoms. The second kappa shape index (κ2) is 7.75. The molecule has 5 nitrogen and oxygen atoms in total. The van der Waals surface area contributed by atoms with Gasteiger partial charge in [0.15, 0.2) is 0 Å². The van der Waals surface area contributed by atoms with Crippen molar-refractivity contribution in [3.63, 3.8) is 0 Å². The summed E-state index contributed by atoms with van der Waals surface area (Å²) in [5, 5.41) is 3.10. The molecule has 1 unspecified atom stereocenters. The summed E-state index contributed by atoms with van der Waals surface area (Å²) in [6.45, 7) is 3.78. The van der Waals surface area contributed by atoms with Crippen LogP contribution in [-0.4, -0.2) is 40.9 Å². The van der Waals surface area contributed by atoms with Gasteiger partial charge in [0.1, 0.15) is 5.82 Å². The zero-order chi connectivity index (χ0) is 16.9. The molecule has 3 heterocycles. The number of aromatic nitrogens is 2. The van der Waals surface area contributed by atoms with E-state index in [-0.39, 0.29) is 5.91 Å². The minimum absolute atomic E-state index is 0.245. The minimum Gasteiger partial charge on any atom is -0.372 e. The monoisotopic (exact) mass is 344 g/mol. The minimum atomic E-state index is 0.245. The molecule has 0 aliphatic carbocycles. The second-order valence-corrected chi connectivity index (χ2v) is 7.72. The molecule has 3 rings (SSSR count). The molecule has 128 valence electrons. The third-order valence-corrected chi connectivity index (χ3v) is 5.49. The number of carbonyl (C=O) groups excluding carboxylic acids is 1. The van der Waals surface area contributed by atoms with Crippen LogP contribution < -0.4 is 5.32 Å². The molecule has 0 radical (unpaired) electrons. The van der Waals surface area contributed by atoms with E-state index in [4.69, 9.17) is 0 Å². The topological polar surface area (TPSA) is 58.1 Å². The van der Waals surface area contributed by atoms with Gasteiger partial charge in [-0.3, -0.25) is 9.78 Å². The molecule has 2 aromatic heterocycles. The molecule has 0 bridgehead atoms. The molecule has 1 atom stereocenters. The van der Waals surface area contributed by atoms with Gasteiger partial charge in [-0.2, -0.15) is 0 Å². The number of nitrogens with one attached hydrogen (secondary N) is 1. The van der Waals surface area contributed by atoms with Gasteiger partial charge in [0, 0.05) is 42.3 Å². The average molecular weight is 344 g/mol. The number of likely N-dealkylation sites (tertiary alicyclic amines) is 1. The highest BCUT2D eigenvalue weighted by Crippen LogP contribution is 2.24. The van der Waals surface area contributed by atoms with Crippen LogP contribution in [0.5, 0.6) is 0 Å². The summed E-state index contributed by atoms with van der Waals surface area (Å²) < 4.78 is 0. The first-order chi connectivity index (χ1) is 11.7. The third kappa shape index (κ3) is 4.12. The number of hydrogen-bond acceptors (Lipinski definition) is 5. The number of anilines is 1. The molecule has 0 saturated carbocycles. The normalized spacial score (nSPS) is 17.8. The summed E-state index contributed by atoms with van der Waals surface area (Å²) in [4.78, 5) is 25.8. The molecule has 1 aliphatic heterocycles. The number of rotatable bonds is 5. The number of carbonyl (C=O) groups is 1. The first kappa shape index (κ1) is 16.9. The van der Waals surface area contributed by atoms with Crippen molar-refractivity contribution in [2.75, 3.05) is 25.5 Å². The van der Waals surface area contributed by atoms with E-state index in [2.05, 4.69) is 34.3 Å². The Kier molecular flexibility index (Phi) is 5.45. The van der Waals surface area contributed by atoms with Crippen LogP contribution >= 0.6 is 11.3 Å². The average Bonchev–Trinajstić information content (AvgIpc) is 3.00. The van der Waals surface area contributed by atoms with Crippen LogP contribution in [0, 0.1) is 12.8 Å². The Morgan fingerprint density at radius 2 is 2.21 bits per heavy atom. The van der Waals surface area contributed by atoms with Gasteiger partial charge >= 0.3 is 0 Å². The van der Waals surface area contributed by atoms with Crippen LogP contribution in [0.15, 0.2) is 24.5 Å². The van der Waals surface area contributed by atoms with E-state index in [1.165, 1.54) is 4.88 Å². The van der Waals surface area contributed by atoms with Crippen LogP contribution in [0.4, 0.5) is 5.82 Å². The maximum Gasteiger partial charge on any atom is 0.227 e. The summed E-state index contributed by atoms with van der Waals surface area (Å²) in [5.41, 5.74) is 0.994. The molecule has 1 saturated heterocycles. The van der Waals surface area contributed by atoms with Gasteiger partial charge < -0.3 is 10.2 Å². The van der Waals surface area contributed by atoms with E-state index in [0.717, 1.165) is 48.7 Å². The first-order valence-corrected chi connectivity index (χ1v) is 9.28. The summed E-state index contributed by atoms with van der Waals surface area (Å²) in [7, 11) is 1.87. The van der Waals surface area contributed by atoms with Gasteiger partial charge in [0.2, 0.25) is 5.91 Å².